The summed E-state index contributed by atoms with van der Waals surface area (Å²) in [5, 5.41) is 80.1. The molecule has 122 heavy (non-hydrogen) atoms. The van der Waals surface area contributed by atoms with Gasteiger partial charge in [-0.25, -0.2) is 4.79 Å². The highest BCUT2D eigenvalue weighted by molar-refractivity contribution is 6.03. The van der Waals surface area contributed by atoms with Gasteiger partial charge >= 0.3 is 23.9 Å². The fraction of sp³-hybridized carbons (Fsp3) is 0.608. The van der Waals surface area contributed by atoms with Gasteiger partial charge in [-0.2, -0.15) is 0 Å². The molecule has 0 radical (unpaired) electrons. The molecule has 0 spiro atoms. The fourth-order valence-electron chi connectivity index (χ4n) is 11.5. The van der Waals surface area contributed by atoms with E-state index in [2.05, 4.69) is 74.4 Å². The van der Waals surface area contributed by atoms with Crippen LogP contribution in [0, 0.1) is 35.0 Å². The van der Waals surface area contributed by atoms with Crippen LogP contribution in [0.4, 0.5) is 0 Å². The van der Waals surface area contributed by atoms with Crippen molar-refractivity contribution in [3.05, 3.63) is 35.9 Å². The number of primary amides is 4. The van der Waals surface area contributed by atoms with E-state index in [-0.39, 0.29) is 44.6 Å². The number of nitrogens with one attached hydrogen (secondary N) is 16. The van der Waals surface area contributed by atoms with Crippen LogP contribution in [0.1, 0.15) is 158 Å². The van der Waals surface area contributed by atoms with Crippen LogP contribution in [0.3, 0.4) is 0 Å². The Balaban J connectivity index is 3.60. The SMILES string of the molecule is CC[C@H](C)[C@H](NC(=O)[C@H](CC(N)=O)NC(=O)[C@H](CC(N)=O)NC(=O)[C@H](CCC(N)=O)NC(=O)[C@@H](NC(=O)[C@H](CC(=O)O)NC(=O)[C@H](CCCNC(=N)N)NC(=O)CNC(=O)[C@H](CC(N)=O)NC(=O)[C@@H](NC(=O)[C@H](CC(C)C)NC(=O)[C@@H](N)Cc1ccccc1)C(C)C)C(C)C)C(=O)N[C@H](C(=O)N[C@@H](CC(=O)O)C(=O)N[C@@H](CCC(=O)O)C(=O)O)C(C)C. The summed E-state index contributed by atoms with van der Waals surface area (Å²) in [6.07, 6.45) is -8.38. The van der Waals surface area contributed by atoms with E-state index in [0.717, 1.165) is 5.56 Å². The van der Waals surface area contributed by atoms with E-state index in [1.54, 1.807) is 65.0 Å². The Morgan fingerprint density at radius 1 is 0.361 bits per heavy atom. The quantitative estimate of drug-likeness (QED) is 0.0164. The van der Waals surface area contributed by atoms with Gasteiger partial charge in [0.05, 0.1) is 44.7 Å². The van der Waals surface area contributed by atoms with Crippen molar-refractivity contribution in [3.63, 3.8) is 0 Å². The molecule has 0 unspecified atom stereocenters. The van der Waals surface area contributed by atoms with E-state index in [1.807, 2.05) is 5.32 Å². The van der Waals surface area contributed by atoms with Crippen LogP contribution in [-0.4, -0.2) is 254 Å². The Bertz CT molecular complexity index is 3920. The molecule has 48 heteroatoms. The van der Waals surface area contributed by atoms with Crippen molar-refractivity contribution in [2.75, 3.05) is 13.1 Å². The molecule has 1 aromatic carbocycles. The summed E-state index contributed by atoms with van der Waals surface area (Å²) in [6, 6.07) is -15.8. The molecule has 0 aliphatic heterocycles. The van der Waals surface area contributed by atoms with E-state index in [1.165, 1.54) is 34.6 Å². The molecule has 1 aromatic rings. The molecule has 18 amide bonds. The number of carbonyl (C=O) groups excluding carboxylic acids is 18. The van der Waals surface area contributed by atoms with Gasteiger partial charge in [-0.3, -0.25) is 106 Å². The molecule has 15 atom stereocenters. The summed E-state index contributed by atoms with van der Waals surface area (Å²) in [5.74, 6) is -32.2. The first-order chi connectivity index (χ1) is 56.8. The lowest BCUT2D eigenvalue weighted by Crippen LogP contribution is -2.62. The van der Waals surface area contributed by atoms with E-state index >= 15 is 0 Å². The highest BCUT2D eigenvalue weighted by Gasteiger charge is 2.41. The lowest BCUT2D eigenvalue weighted by atomic mass is 9.95. The lowest BCUT2D eigenvalue weighted by Gasteiger charge is -2.30. The van der Waals surface area contributed by atoms with Crippen LogP contribution in [0.5, 0.6) is 0 Å². The maximum Gasteiger partial charge on any atom is 0.326 e. The maximum atomic E-state index is 14.3. The first kappa shape index (κ1) is 107. The normalized spacial score (nSPS) is 14.7. The number of amides is 18. The number of hydrogen-bond donors (Lipinski definition) is 26. The fourth-order valence-corrected chi connectivity index (χ4v) is 11.5. The van der Waals surface area contributed by atoms with Crippen molar-refractivity contribution in [2.45, 2.75) is 244 Å². The molecule has 680 valence electrons. The van der Waals surface area contributed by atoms with Crippen molar-refractivity contribution < 1.29 is 126 Å². The minimum absolute atomic E-state index is 0.0805. The van der Waals surface area contributed by atoms with Crippen molar-refractivity contribution >= 4 is 136 Å². The number of hydrogen-bond acceptors (Lipinski definition) is 24. The van der Waals surface area contributed by atoms with Gasteiger partial charge in [-0.15, -0.1) is 0 Å². The minimum atomic E-state index is -2.15. The number of aliphatic carboxylic acids is 4. The summed E-state index contributed by atoms with van der Waals surface area (Å²) in [5.41, 5.74) is 34.2. The third-order valence-electron chi connectivity index (χ3n) is 18.3. The molecule has 0 aromatic heterocycles. The minimum Gasteiger partial charge on any atom is -0.481 e. The van der Waals surface area contributed by atoms with Crippen LogP contribution in [-0.2, 0) is 112 Å². The van der Waals surface area contributed by atoms with Gasteiger partial charge in [0.25, 0.3) is 0 Å². The van der Waals surface area contributed by atoms with E-state index in [9.17, 15) is 121 Å². The predicted octanol–water partition coefficient (Wildman–Crippen LogP) is -8.91. The van der Waals surface area contributed by atoms with E-state index in [0.29, 0.717) is 0 Å². The van der Waals surface area contributed by atoms with E-state index < -0.39 is 309 Å². The monoisotopic (exact) mass is 1730 g/mol. The number of nitrogens with two attached hydrogens (primary N) is 6. The van der Waals surface area contributed by atoms with Crippen molar-refractivity contribution in [1.29, 1.82) is 5.41 Å². The van der Waals surface area contributed by atoms with Gasteiger partial charge in [0, 0.05) is 19.4 Å². The Morgan fingerprint density at radius 3 is 1.09 bits per heavy atom. The maximum absolute atomic E-state index is 14.3. The van der Waals surface area contributed by atoms with Crippen LogP contribution >= 0.6 is 0 Å². The van der Waals surface area contributed by atoms with Gasteiger partial charge in [0.15, 0.2) is 5.96 Å². The van der Waals surface area contributed by atoms with Gasteiger partial charge in [0.1, 0.15) is 78.5 Å². The number of carbonyl (C=O) groups is 22. The number of guanidine groups is 1. The second-order valence-corrected chi connectivity index (χ2v) is 30.3. The number of benzene rings is 1. The van der Waals surface area contributed by atoms with Crippen LogP contribution in [0.25, 0.3) is 0 Å². The second-order valence-electron chi connectivity index (χ2n) is 30.3. The van der Waals surface area contributed by atoms with Crippen LogP contribution in [0.2, 0.25) is 0 Å². The molecule has 0 saturated heterocycles. The highest BCUT2D eigenvalue weighted by Crippen LogP contribution is 2.16. The van der Waals surface area contributed by atoms with Crippen LogP contribution in [0.15, 0.2) is 30.3 Å². The molecule has 0 aliphatic rings. The average Bonchev–Trinajstić information content (AvgIpc) is 0.836. The first-order valence-corrected chi connectivity index (χ1v) is 38.9. The molecule has 0 aliphatic carbocycles. The third kappa shape index (κ3) is 41.0. The lowest BCUT2D eigenvalue weighted by molar-refractivity contribution is -0.144. The summed E-state index contributed by atoms with van der Waals surface area (Å²) < 4.78 is 0. The molecule has 0 saturated carbocycles. The van der Waals surface area contributed by atoms with Gasteiger partial charge in [0.2, 0.25) is 106 Å². The Labute approximate surface area is 701 Å². The highest BCUT2D eigenvalue weighted by atomic mass is 16.4. The standard InChI is InChI=1S/C74H118N22O26/c1-11-36(10)59(72(120)95-58(35(8)9)71(119)92-46(29-54(104)105)65(113)86-41(73(121)122)20-22-53(102)103)96-67(115)45(28-51(79)100)89-64(112)44(27-50(78)99)88-63(111)40(19-21-48(76)97)85-69(117)56(33(4)5)94-68(116)47(30-55(106)107)90-62(110)39(18-15-23-82-74(80)81)84-52(101)31-83-61(109)43(26-49(77)98)91-70(118)57(34(6)7)93-66(114)42(24-32(2)3)87-60(108)38(75)25-37-16-13-12-14-17-37/h12-14,16-17,32-36,38-47,56-59H,11,15,18-31,75H2,1-10H3,(H2,76,97)(H2,77,98)(H2,78,99)(H2,79,100)(H,83,109)(H,84,101)(H,85,117)(H,86,113)(H,87,108)(H,88,111)(H,89,112)(H,90,110)(H,91,118)(H,92,119)(H,93,114)(H,94,116)(H,95,120)(H,96,115)(H,102,103)(H,104,105)(H,106,107)(H,121,122)(H4,80,81,82)/t36-,38-,39-,40-,41-,42-,43-,44-,45-,46-,47-,56-,57-,58-,59-/m0/s1. The first-order valence-electron chi connectivity index (χ1n) is 38.9. The molecule has 32 N–H and O–H groups in total. The Hall–Kier alpha value is -13.2. The number of rotatable bonds is 58. The number of carboxylic acids is 4. The predicted molar refractivity (Wildman–Crippen MR) is 428 cm³/mol. The largest absolute Gasteiger partial charge is 0.481 e. The van der Waals surface area contributed by atoms with Crippen molar-refractivity contribution in [3.8, 4) is 0 Å². The van der Waals surface area contributed by atoms with Gasteiger partial charge < -0.3 is 135 Å². The average molecular weight is 1730 g/mol. The molecule has 0 heterocycles. The molecule has 0 fully saturated rings. The molecule has 48 nitrogen and oxygen atoms in total. The van der Waals surface area contributed by atoms with Gasteiger partial charge in [-0.1, -0.05) is 106 Å². The number of carboxylic acid groups (broad SMARTS) is 4. The summed E-state index contributed by atoms with van der Waals surface area (Å²) >= 11 is 0. The Morgan fingerprint density at radius 2 is 0.705 bits per heavy atom. The van der Waals surface area contributed by atoms with E-state index in [4.69, 9.17) is 44.9 Å². The van der Waals surface area contributed by atoms with Gasteiger partial charge in [-0.05, 0) is 73.7 Å². The molecular weight excluding hydrogens is 1610 g/mol. The smallest absolute Gasteiger partial charge is 0.326 e. The summed E-state index contributed by atoms with van der Waals surface area (Å²) in [6.45, 7) is 14.0. The van der Waals surface area contributed by atoms with Crippen LogP contribution < -0.4 is 114 Å². The topological polar surface area (TPSA) is 817 Å². The molecular formula is C74H118N22O26. The summed E-state index contributed by atoms with van der Waals surface area (Å²) in [4.78, 5) is 292. The Kier molecular flexibility index (Phi) is 46.7. The molecule has 1 rings (SSSR count). The zero-order chi connectivity index (χ0) is 93.3. The second kappa shape index (κ2) is 53.4. The third-order valence-corrected chi connectivity index (χ3v) is 18.3. The summed E-state index contributed by atoms with van der Waals surface area (Å²) in [7, 11) is 0. The zero-order valence-electron chi connectivity index (χ0n) is 69.4. The van der Waals surface area contributed by atoms with Crippen molar-refractivity contribution in [1.82, 2.24) is 79.8 Å². The zero-order valence-corrected chi connectivity index (χ0v) is 69.4. The van der Waals surface area contributed by atoms with Crippen molar-refractivity contribution in [2.24, 2.45) is 64.0 Å². The molecule has 0 bridgehead atoms.